The Kier molecular flexibility index (Phi) is 3.72. The number of hydrogen-bond donors (Lipinski definition) is 2. The number of fused-ring (bicyclic) bond motifs is 1. The molecule has 0 atom stereocenters. The lowest BCUT2D eigenvalue weighted by molar-refractivity contribution is 0.180. The molecule has 3 aromatic heterocycles. The van der Waals surface area contributed by atoms with Gasteiger partial charge in [0, 0.05) is 18.8 Å². The van der Waals surface area contributed by atoms with Crippen LogP contribution in [0.25, 0.3) is 22.6 Å². The molecule has 0 fully saturated rings. The number of benzene rings is 1. The zero-order valence-electron chi connectivity index (χ0n) is 21.1. The molecule has 1 amide bonds. The predicted octanol–water partition coefficient (Wildman–Crippen LogP) is 2.44. The molecule has 11 heteroatoms. The lowest BCUT2D eigenvalue weighted by Crippen LogP contribution is -2.28. The normalized spacial score (nSPS) is 14.2. The van der Waals surface area contributed by atoms with Crippen molar-refractivity contribution in [2.45, 2.75) is 6.50 Å². The molecule has 158 valence electrons. The average molecular weight is 427 g/mol. The van der Waals surface area contributed by atoms with Crippen LogP contribution >= 0.6 is 0 Å². The molecular formula is C20H19FN8O2. The monoisotopic (exact) mass is 427 g/mol. The zero-order valence-corrected chi connectivity index (χ0v) is 16.1. The van der Waals surface area contributed by atoms with Crippen molar-refractivity contribution in [3.63, 3.8) is 0 Å². The van der Waals surface area contributed by atoms with Crippen molar-refractivity contribution in [1.82, 2.24) is 24.7 Å². The SMILES string of the molecule is [2H]C([2H])([2H])OC(=O)N(C)c1c(N)nc(-c2nn(C([2H])([2H])c3ccccc3F)c3ncccc23)nc1N. The number of pyridine rings is 1. The molecule has 10 nitrogen and oxygen atoms in total. The fourth-order valence-electron chi connectivity index (χ4n) is 2.96. The lowest BCUT2D eigenvalue weighted by atomic mass is 10.2. The molecule has 0 radical (unpaired) electrons. The van der Waals surface area contributed by atoms with E-state index in [1.165, 1.54) is 31.4 Å². The Balaban J connectivity index is 1.83. The highest BCUT2D eigenvalue weighted by Gasteiger charge is 2.23. The van der Waals surface area contributed by atoms with Crippen molar-refractivity contribution in [2.75, 3.05) is 30.5 Å². The van der Waals surface area contributed by atoms with E-state index >= 15 is 0 Å². The number of methoxy groups -OCH3 is 1. The zero-order chi connectivity index (χ0) is 26.4. The number of nitrogens with two attached hydrogens (primary N) is 2. The highest BCUT2D eigenvalue weighted by Crippen LogP contribution is 2.32. The van der Waals surface area contributed by atoms with Crippen LogP contribution in [-0.4, -0.2) is 44.9 Å². The van der Waals surface area contributed by atoms with Crippen molar-refractivity contribution in [2.24, 2.45) is 0 Å². The second-order valence-electron chi connectivity index (χ2n) is 6.32. The van der Waals surface area contributed by atoms with Crippen molar-refractivity contribution in [1.29, 1.82) is 0 Å². The van der Waals surface area contributed by atoms with E-state index in [1.54, 1.807) is 12.1 Å². The van der Waals surface area contributed by atoms with Gasteiger partial charge in [0.15, 0.2) is 23.1 Å². The maximum absolute atomic E-state index is 14.5. The number of carbonyl (C=O) groups is 1. The molecule has 0 saturated heterocycles. The average Bonchev–Trinajstić information content (AvgIpc) is 3.18. The van der Waals surface area contributed by atoms with Gasteiger partial charge in [-0.2, -0.15) is 5.10 Å². The second-order valence-corrected chi connectivity index (χ2v) is 6.32. The number of carbonyl (C=O) groups excluding carboxylic acids is 1. The summed E-state index contributed by atoms with van der Waals surface area (Å²) in [6, 6.07) is 8.52. The summed E-state index contributed by atoms with van der Waals surface area (Å²) in [7, 11) is -1.82. The van der Waals surface area contributed by atoms with Gasteiger partial charge in [-0.15, -0.1) is 0 Å². The summed E-state index contributed by atoms with van der Waals surface area (Å²) in [4.78, 5) is 25.4. The van der Waals surface area contributed by atoms with Crippen LogP contribution in [0.1, 0.15) is 12.4 Å². The van der Waals surface area contributed by atoms with Crippen LogP contribution in [0.4, 0.5) is 26.5 Å². The molecule has 0 bridgehead atoms. The number of nitrogens with zero attached hydrogens (tertiary/aromatic N) is 6. The topological polar surface area (TPSA) is 138 Å². The summed E-state index contributed by atoms with van der Waals surface area (Å²) in [5.41, 5.74) is 11.7. The van der Waals surface area contributed by atoms with Crippen LogP contribution in [0, 0.1) is 5.82 Å². The minimum Gasteiger partial charge on any atom is -0.452 e. The number of ether oxygens (including phenoxy) is 1. The quantitative estimate of drug-likeness (QED) is 0.506. The van der Waals surface area contributed by atoms with Crippen LogP contribution in [0.2, 0.25) is 0 Å². The molecule has 4 aromatic rings. The molecule has 4 rings (SSSR count). The smallest absolute Gasteiger partial charge is 0.413 e. The van der Waals surface area contributed by atoms with Gasteiger partial charge in [0.05, 0.1) is 25.8 Å². The Morgan fingerprint density at radius 2 is 2.00 bits per heavy atom. The molecule has 0 unspecified atom stereocenters. The third-order valence-corrected chi connectivity index (χ3v) is 4.39. The molecule has 0 aliphatic heterocycles. The molecule has 0 aliphatic carbocycles. The maximum atomic E-state index is 14.5. The third kappa shape index (κ3) is 3.56. The van der Waals surface area contributed by atoms with E-state index in [9.17, 15) is 9.18 Å². The summed E-state index contributed by atoms with van der Waals surface area (Å²) in [5, 5.41) is 4.60. The van der Waals surface area contributed by atoms with Gasteiger partial charge in [-0.3, -0.25) is 4.90 Å². The van der Waals surface area contributed by atoms with E-state index in [0.29, 0.717) is 5.39 Å². The number of amides is 1. The molecule has 0 saturated carbocycles. The summed E-state index contributed by atoms with van der Waals surface area (Å²) in [6.07, 6.45) is 0.154. The number of halogens is 1. The standard InChI is InChI=1S/C20H19FN8O2/c1-28(20(30)31-2)15-16(22)25-18(26-17(15)23)14-12-7-5-9-24-19(12)29(27-14)10-11-6-3-4-8-13(11)21/h3-9H,10H2,1-2H3,(H4,22,23,25,26)/i2D3,10D2. The minimum absolute atomic E-state index is 0.0379. The van der Waals surface area contributed by atoms with Gasteiger partial charge in [-0.1, -0.05) is 18.2 Å². The Morgan fingerprint density at radius 3 is 2.71 bits per heavy atom. The maximum Gasteiger partial charge on any atom is 0.413 e. The first-order chi connectivity index (χ1) is 16.8. The third-order valence-electron chi connectivity index (χ3n) is 4.39. The summed E-state index contributed by atoms with van der Waals surface area (Å²) >= 11 is 0. The number of anilines is 3. The van der Waals surface area contributed by atoms with Gasteiger partial charge < -0.3 is 16.2 Å². The van der Waals surface area contributed by atoms with Crippen molar-refractivity contribution < 1.29 is 20.8 Å². The first-order valence-electron chi connectivity index (χ1n) is 11.3. The Morgan fingerprint density at radius 1 is 1.26 bits per heavy atom. The minimum atomic E-state index is -2.99. The number of nitrogen functional groups attached to an aromatic ring is 2. The van der Waals surface area contributed by atoms with Gasteiger partial charge in [0.2, 0.25) is 0 Å². The summed E-state index contributed by atoms with van der Waals surface area (Å²) < 4.78 is 58.1. The van der Waals surface area contributed by atoms with Gasteiger partial charge >= 0.3 is 6.09 Å². The van der Waals surface area contributed by atoms with Crippen LogP contribution in [0.15, 0.2) is 42.6 Å². The largest absolute Gasteiger partial charge is 0.452 e. The van der Waals surface area contributed by atoms with E-state index in [4.69, 9.17) is 18.3 Å². The Hall–Kier alpha value is -4.28. The van der Waals surface area contributed by atoms with Crippen LogP contribution in [-0.2, 0) is 11.2 Å². The Labute approximate surface area is 183 Å². The fourth-order valence-corrected chi connectivity index (χ4v) is 2.96. The lowest BCUT2D eigenvalue weighted by Gasteiger charge is -2.18. The molecule has 0 aliphatic rings. The van der Waals surface area contributed by atoms with Crippen LogP contribution < -0.4 is 16.4 Å². The van der Waals surface area contributed by atoms with E-state index in [2.05, 4.69) is 24.8 Å². The first-order valence-corrected chi connectivity index (χ1v) is 8.80. The molecule has 31 heavy (non-hydrogen) atoms. The second kappa shape index (κ2) is 7.86. The Bertz CT molecular complexity index is 1450. The van der Waals surface area contributed by atoms with Gasteiger partial charge in [-0.25, -0.2) is 28.8 Å². The first kappa shape index (κ1) is 14.7. The van der Waals surface area contributed by atoms with Gasteiger partial charge in [-0.05, 0) is 18.2 Å². The van der Waals surface area contributed by atoms with E-state index in [-0.39, 0.29) is 40.1 Å². The van der Waals surface area contributed by atoms with Gasteiger partial charge in [0.1, 0.15) is 17.2 Å². The van der Waals surface area contributed by atoms with Crippen molar-refractivity contribution >= 4 is 34.4 Å². The number of hydrogen-bond acceptors (Lipinski definition) is 8. The molecule has 4 N–H and O–H groups in total. The van der Waals surface area contributed by atoms with Crippen molar-refractivity contribution in [3.8, 4) is 11.5 Å². The summed E-state index contributed by atoms with van der Waals surface area (Å²) in [5.74, 6) is -1.51. The predicted molar refractivity (Wildman–Crippen MR) is 114 cm³/mol. The molecular weight excluding hydrogens is 403 g/mol. The molecule has 1 aromatic carbocycles. The highest BCUT2D eigenvalue weighted by atomic mass is 19.1. The number of aromatic nitrogens is 5. The van der Waals surface area contributed by atoms with Crippen LogP contribution in [0.3, 0.4) is 0 Å². The highest BCUT2D eigenvalue weighted by molar-refractivity contribution is 5.96. The van der Waals surface area contributed by atoms with E-state index in [0.717, 1.165) is 15.6 Å². The summed E-state index contributed by atoms with van der Waals surface area (Å²) in [6.45, 7) is -2.45. The number of rotatable bonds is 4. The van der Waals surface area contributed by atoms with Crippen LogP contribution in [0.5, 0.6) is 0 Å². The van der Waals surface area contributed by atoms with E-state index < -0.39 is 25.4 Å². The molecule has 0 spiro atoms. The van der Waals surface area contributed by atoms with Crippen molar-refractivity contribution in [3.05, 3.63) is 54.0 Å². The fraction of sp³-hybridized carbons (Fsp3) is 0.150. The molecule has 3 heterocycles. The van der Waals surface area contributed by atoms with Gasteiger partial charge in [0.25, 0.3) is 0 Å². The van der Waals surface area contributed by atoms with E-state index in [1.807, 2.05) is 0 Å².